The first-order chi connectivity index (χ1) is 9.47. The molecule has 1 aromatic rings. The number of rotatable bonds is 5. The topological polar surface area (TPSA) is 81.4 Å². The Morgan fingerprint density at radius 1 is 1.45 bits per heavy atom. The van der Waals surface area contributed by atoms with Crippen molar-refractivity contribution in [2.45, 2.75) is 30.2 Å². The Morgan fingerprint density at radius 2 is 2.20 bits per heavy atom. The molecule has 2 atom stereocenters. The number of nitrogens with one attached hydrogen (secondary N) is 1. The maximum Gasteiger partial charge on any atom is 0.240 e. The first kappa shape index (κ1) is 15.8. The number of hydrogen-bond acceptors (Lipinski definition) is 4. The molecule has 0 aromatic heterocycles. The molecule has 1 aliphatic carbocycles. The molecule has 5 nitrogen and oxygen atoms in total. The Morgan fingerprint density at radius 3 is 2.80 bits per heavy atom. The van der Waals surface area contributed by atoms with Crippen molar-refractivity contribution in [2.75, 3.05) is 13.7 Å². The summed E-state index contributed by atoms with van der Waals surface area (Å²) in [4.78, 5) is 0.229. The highest BCUT2D eigenvalue weighted by atomic mass is 79.9. The van der Waals surface area contributed by atoms with Crippen LogP contribution in [0.5, 0.6) is 5.75 Å². The number of benzene rings is 1. The first-order valence-electron chi connectivity index (χ1n) is 6.54. The van der Waals surface area contributed by atoms with E-state index in [-0.39, 0.29) is 16.9 Å². The summed E-state index contributed by atoms with van der Waals surface area (Å²) in [5.74, 6) is 0.830. The third-order valence-electron chi connectivity index (χ3n) is 3.70. The molecule has 112 valence electrons. The smallest absolute Gasteiger partial charge is 0.240 e. The van der Waals surface area contributed by atoms with E-state index in [4.69, 9.17) is 10.5 Å². The predicted octanol–water partition coefficient (Wildman–Crippen LogP) is 1.86. The quantitative estimate of drug-likeness (QED) is 0.837. The minimum atomic E-state index is -3.53. The van der Waals surface area contributed by atoms with Crippen LogP contribution in [0.25, 0.3) is 0 Å². The van der Waals surface area contributed by atoms with Gasteiger partial charge in [-0.1, -0.05) is 6.42 Å². The molecular weight excluding hydrogens is 344 g/mol. The van der Waals surface area contributed by atoms with Crippen LogP contribution in [-0.4, -0.2) is 28.1 Å². The Balaban J connectivity index is 2.20. The van der Waals surface area contributed by atoms with Gasteiger partial charge in [0, 0.05) is 6.04 Å². The minimum absolute atomic E-state index is 0.0640. The van der Waals surface area contributed by atoms with Crippen molar-refractivity contribution in [1.82, 2.24) is 4.72 Å². The van der Waals surface area contributed by atoms with Gasteiger partial charge in [0.1, 0.15) is 5.75 Å². The molecule has 1 fully saturated rings. The highest BCUT2D eigenvalue weighted by molar-refractivity contribution is 9.10. The molecule has 1 aliphatic rings. The number of ether oxygens (including phenoxy) is 1. The molecule has 1 aromatic carbocycles. The van der Waals surface area contributed by atoms with E-state index in [2.05, 4.69) is 20.7 Å². The first-order valence-corrected chi connectivity index (χ1v) is 8.81. The van der Waals surface area contributed by atoms with Crippen molar-refractivity contribution < 1.29 is 13.2 Å². The Bertz CT molecular complexity index is 577. The largest absolute Gasteiger partial charge is 0.496 e. The van der Waals surface area contributed by atoms with Crippen LogP contribution >= 0.6 is 15.9 Å². The molecular formula is C13H19BrN2O3S. The van der Waals surface area contributed by atoms with E-state index in [0.717, 1.165) is 19.3 Å². The summed E-state index contributed by atoms with van der Waals surface area (Å²) in [5.41, 5.74) is 5.68. The van der Waals surface area contributed by atoms with Crippen LogP contribution in [0, 0.1) is 5.92 Å². The Kier molecular flexibility index (Phi) is 5.06. The molecule has 2 rings (SSSR count). The van der Waals surface area contributed by atoms with E-state index in [1.54, 1.807) is 18.2 Å². The molecule has 7 heteroatoms. The average Bonchev–Trinajstić information content (AvgIpc) is 2.85. The Hall–Kier alpha value is -0.630. The molecule has 3 N–H and O–H groups in total. The van der Waals surface area contributed by atoms with Gasteiger partial charge in [0.2, 0.25) is 10.0 Å². The SMILES string of the molecule is COc1ccc(S(=O)(=O)NC2CCCC2CN)cc1Br. The number of methoxy groups -OCH3 is 1. The van der Waals surface area contributed by atoms with Gasteiger partial charge < -0.3 is 10.5 Å². The molecule has 1 saturated carbocycles. The van der Waals surface area contributed by atoms with Crippen molar-refractivity contribution in [3.8, 4) is 5.75 Å². The molecule has 20 heavy (non-hydrogen) atoms. The predicted molar refractivity (Wildman–Crippen MR) is 81.2 cm³/mol. The van der Waals surface area contributed by atoms with Crippen molar-refractivity contribution >= 4 is 26.0 Å². The lowest BCUT2D eigenvalue weighted by Crippen LogP contribution is -2.39. The molecule has 0 amide bonds. The van der Waals surface area contributed by atoms with E-state index >= 15 is 0 Å². The van der Waals surface area contributed by atoms with E-state index in [0.29, 0.717) is 16.8 Å². The zero-order chi connectivity index (χ0) is 14.8. The maximum absolute atomic E-state index is 12.4. The summed E-state index contributed by atoms with van der Waals surface area (Å²) in [6.45, 7) is 0.513. The van der Waals surface area contributed by atoms with Crippen LogP contribution in [-0.2, 0) is 10.0 Å². The van der Waals surface area contributed by atoms with Crippen LogP contribution in [0.15, 0.2) is 27.6 Å². The van der Waals surface area contributed by atoms with E-state index in [1.807, 2.05) is 0 Å². The standard InChI is InChI=1S/C13H19BrN2O3S/c1-19-13-6-5-10(7-11(13)14)20(17,18)16-12-4-2-3-9(12)8-15/h5-7,9,12,16H,2-4,8,15H2,1H3. The number of hydrogen-bond donors (Lipinski definition) is 2. The van der Waals surface area contributed by atoms with Gasteiger partial charge in [-0.05, 0) is 59.4 Å². The maximum atomic E-state index is 12.4. The lowest BCUT2D eigenvalue weighted by atomic mass is 10.1. The second-order valence-corrected chi connectivity index (χ2v) is 7.52. The molecule has 0 heterocycles. The third-order valence-corrected chi connectivity index (χ3v) is 5.81. The molecule has 0 spiro atoms. The molecule has 0 saturated heterocycles. The van der Waals surface area contributed by atoms with Gasteiger partial charge in [-0.2, -0.15) is 0 Å². The zero-order valence-corrected chi connectivity index (χ0v) is 13.7. The van der Waals surface area contributed by atoms with Gasteiger partial charge in [-0.15, -0.1) is 0 Å². The molecule has 0 radical (unpaired) electrons. The van der Waals surface area contributed by atoms with Crippen LogP contribution in [0.1, 0.15) is 19.3 Å². The number of nitrogens with two attached hydrogens (primary N) is 1. The van der Waals surface area contributed by atoms with Crippen molar-refractivity contribution in [3.05, 3.63) is 22.7 Å². The monoisotopic (exact) mass is 362 g/mol. The van der Waals surface area contributed by atoms with Crippen LogP contribution in [0.3, 0.4) is 0 Å². The highest BCUT2D eigenvalue weighted by Gasteiger charge is 2.30. The fourth-order valence-electron chi connectivity index (χ4n) is 2.56. The second-order valence-electron chi connectivity index (χ2n) is 4.95. The van der Waals surface area contributed by atoms with Crippen molar-refractivity contribution in [3.63, 3.8) is 0 Å². The summed E-state index contributed by atoms with van der Waals surface area (Å²) in [6, 6.07) is 4.66. The summed E-state index contributed by atoms with van der Waals surface area (Å²) < 4.78 is 33.3. The van der Waals surface area contributed by atoms with Gasteiger partial charge in [-0.3, -0.25) is 0 Å². The lowest BCUT2D eigenvalue weighted by Gasteiger charge is -2.19. The van der Waals surface area contributed by atoms with Crippen LogP contribution in [0.4, 0.5) is 0 Å². The van der Waals surface area contributed by atoms with E-state index in [9.17, 15) is 8.42 Å². The second kappa shape index (κ2) is 6.43. The van der Waals surface area contributed by atoms with Gasteiger partial charge in [0.15, 0.2) is 0 Å². The van der Waals surface area contributed by atoms with Crippen LogP contribution in [0.2, 0.25) is 0 Å². The Labute approximate surface area is 128 Å². The van der Waals surface area contributed by atoms with Gasteiger partial charge >= 0.3 is 0 Å². The third kappa shape index (κ3) is 3.33. The summed E-state index contributed by atoms with van der Waals surface area (Å²) in [7, 11) is -1.99. The zero-order valence-electron chi connectivity index (χ0n) is 11.3. The summed E-state index contributed by atoms with van der Waals surface area (Å²) in [5, 5.41) is 0. The molecule has 0 bridgehead atoms. The summed E-state index contributed by atoms with van der Waals surface area (Å²) >= 11 is 3.30. The van der Waals surface area contributed by atoms with E-state index < -0.39 is 10.0 Å². The van der Waals surface area contributed by atoms with Gasteiger partial charge in [0.25, 0.3) is 0 Å². The highest BCUT2D eigenvalue weighted by Crippen LogP contribution is 2.29. The molecule has 0 aliphatic heterocycles. The fourth-order valence-corrected chi connectivity index (χ4v) is 4.61. The normalized spacial score (nSPS) is 22.9. The van der Waals surface area contributed by atoms with Crippen molar-refractivity contribution in [1.29, 1.82) is 0 Å². The summed E-state index contributed by atoms with van der Waals surface area (Å²) in [6.07, 6.45) is 2.84. The molecule has 2 unspecified atom stereocenters. The van der Waals surface area contributed by atoms with Crippen LogP contribution < -0.4 is 15.2 Å². The minimum Gasteiger partial charge on any atom is -0.496 e. The average molecular weight is 363 g/mol. The van der Waals surface area contributed by atoms with E-state index in [1.165, 1.54) is 7.11 Å². The van der Waals surface area contributed by atoms with Crippen molar-refractivity contribution in [2.24, 2.45) is 11.7 Å². The number of halogens is 1. The van der Waals surface area contributed by atoms with Gasteiger partial charge in [0.05, 0.1) is 16.5 Å². The number of sulfonamides is 1. The lowest BCUT2D eigenvalue weighted by molar-refractivity contribution is 0.411. The fraction of sp³-hybridized carbons (Fsp3) is 0.538. The van der Waals surface area contributed by atoms with Gasteiger partial charge in [-0.25, -0.2) is 13.1 Å².